The van der Waals surface area contributed by atoms with Crippen LogP contribution in [0.15, 0.2) is 24.3 Å². The highest BCUT2D eigenvalue weighted by atomic mass is 16.5. The van der Waals surface area contributed by atoms with Gasteiger partial charge in [0.25, 0.3) is 0 Å². The fraction of sp³-hybridized carbons (Fsp3) is 0.600. The summed E-state index contributed by atoms with van der Waals surface area (Å²) < 4.78 is 12.0. The number of benzene rings is 1. The van der Waals surface area contributed by atoms with Gasteiger partial charge in [0.15, 0.2) is 0 Å². The van der Waals surface area contributed by atoms with Crippen LogP contribution in [0.3, 0.4) is 0 Å². The Hall–Kier alpha value is -1.06. The molecule has 98 valence electrons. The smallest absolute Gasteiger partial charge is 0.126 e. The van der Waals surface area contributed by atoms with E-state index in [1.165, 1.54) is 12.0 Å². The first-order chi connectivity index (χ1) is 8.75. The number of hydrogen-bond donors (Lipinski definition) is 1. The summed E-state index contributed by atoms with van der Waals surface area (Å²) in [4.78, 5) is 0. The molecule has 0 saturated carbocycles. The molecule has 2 aliphatic heterocycles. The Morgan fingerprint density at radius 1 is 1.44 bits per heavy atom. The SMILES string of the molecule is CC1(OCC2Cc3ccccc3O2)CCCNC1. The van der Waals surface area contributed by atoms with Crippen molar-refractivity contribution in [2.45, 2.75) is 37.9 Å². The Morgan fingerprint density at radius 3 is 3.11 bits per heavy atom. The van der Waals surface area contributed by atoms with E-state index in [9.17, 15) is 0 Å². The van der Waals surface area contributed by atoms with Crippen molar-refractivity contribution in [3.05, 3.63) is 29.8 Å². The third-order valence-corrected chi connectivity index (χ3v) is 3.89. The second-order valence-corrected chi connectivity index (χ2v) is 5.59. The van der Waals surface area contributed by atoms with Crippen LogP contribution < -0.4 is 10.1 Å². The average Bonchev–Trinajstić information content (AvgIpc) is 2.80. The van der Waals surface area contributed by atoms with E-state index in [4.69, 9.17) is 9.47 Å². The van der Waals surface area contributed by atoms with Gasteiger partial charge in [0.1, 0.15) is 11.9 Å². The Kier molecular flexibility index (Phi) is 3.27. The summed E-state index contributed by atoms with van der Waals surface area (Å²) in [5.41, 5.74) is 1.29. The molecule has 1 fully saturated rings. The summed E-state index contributed by atoms with van der Waals surface area (Å²) in [6, 6.07) is 8.27. The lowest BCUT2D eigenvalue weighted by Crippen LogP contribution is -2.46. The molecule has 1 N–H and O–H groups in total. The summed E-state index contributed by atoms with van der Waals surface area (Å²) in [5, 5.41) is 3.40. The third-order valence-electron chi connectivity index (χ3n) is 3.89. The van der Waals surface area contributed by atoms with E-state index < -0.39 is 0 Å². The predicted octanol–water partition coefficient (Wildman–Crippen LogP) is 2.15. The number of fused-ring (bicyclic) bond motifs is 1. The summed E-state index contributed by atoms with van der Waals surface area (Å²) in [6.07, 6.45) is 3.49. The molecule has 0 spiro atoms. The second-order valence-electron chi connectivity index (χ2n) is 5.59. The van der Waals surface area contributed by atoms with Crippen molar-refractivity contribution in [3.8, 4) is 5.75 Å². The topological polar surface area (TPSA) is 30.5 Å². The van der Waals surface area contributed by atoms with Gasteiger partial charge in [-0.1, -0.05) is 18.2 Å². The molecule has 3 nitrogen and oxygen atoms in total. The van der Waals surface area contributed by atoms with E-state index >= 15 is 0 Å². The van der Waals surface area contributed by atoms with E-state index in [1.807, 2.05) is 12.1 Å². The molecule has 0 aliphatic carbocycles. The zero-order valence-corrected chi connectivity index (χ0v) is 10.9. The highest BCUT2D eigenvalue weighted by molar-refractivity contribution is 5.37. The van der Waals surface area contributed by atoms with Gasteiger partial charge in [0.05, 0.1) is 12.2 Å². The van der Waals surface area contributed by atoms with Gasteiger partial charge in [-0.05, 0) is 37.9 Å². The number of para-hydroxylation sites is 1. The van der Waals surface area contributed by atoms with Gasteiger partial charge in [-0.3, -0.25) is 0 Å². The highest BCUT2D eigenvalue weighted by Gasteiger charge is 2.30. The lowest BCUT2D eigenvalue weighted by Gasteiger charge is -2.34. The van der Waals surface area contributed by atoms with Gasteiger partial charge in [-0.25, -0.2) is 0 Å². The molecule has 0 bridgehead atoms. The standard InChI is InChI=1S/C15H21NO2/c1-15(7-4-8-16-11-15)17-10-13-9-12-5-2-3-6-14(12)18-13/h2-3,5-6,13,16H,4,7-11H2,1H3. The first-order valence-electron chi connectivity index (χ1n) is 6.84. The number of rotatable bonds is 3. The van der Waals surface area contributed by atoms with Crippen LogP contribution in [0.1, 0.15) is 25.3 Å². The van der Waals surface area contributed by atoms with Gasteiger partial charge < -0.3 is 14.8 Å². The predicted molar refractivity (Wildman–Crippen MR) is 71.0 cm³/mol. The highest BCUT2D eigenvalue weighted by Crippen LogP contribution is 2.29. The first-order valence-corrected chi connectivity index (χ1v) is 6.84. The van der Waals surface area contributed by atoms with Crippen molar-refractivity contribution in [2.24, 2.45) is 0 Å². The van der Waals surface area contributed by atoms with Crippen molar-refractivity contribution < 1.29 is 9.47 Å². The van der Waals surface area contributed by atoms with Crippen LogP contribution in [0.4, 0.5) is 0 Å². The maximum Gasteiger partial charge on any atom is 0.126 e. The lowest BCUT2D eigenvalue weighted by atomic mass is 9.96. The maximum absolute atomic E-state index is 6.10. The first kappa shape index (κ1) is 12.0. The molecule has 1 aromatic carbocycles. The monoisotopic (exact) mass is 247 g/mol. The number of hydrogen-bond acceptors (Lipinski definition) is 3. The number of piperidine rings is 1. The molecular weight excluding hydrogens is 226 g/mol. The van der Waals surface area contributed by atoms with Crippen molar-refractivity contribution in [1.29, 1.82) is 0 Å². The molecule has 2 heterocycles. The minimum Gasteiger partial charge on any atom is -0.487 e. The fourth-order valence-electron chi connectivity index (χ4n) is 2.79. The number of nitrogens with one attached hydrogen (secondary N) is 1. The van der Waals surface area contributed by atoms with Gasteiger partial charge in [0, 0.05) is 13.0 Å². The van der Waals surface area contributed by atoms with Gasteiger partial charge >= 0.3 is 0 Å². The van der Waals surface area contributed by atoms with Crippen molar-refractivity contribution in [3.63, 3.8) is 0 Å². The van der Waals surface area contributed by atoms with Crippen molar-refractivity contribution in [1.82, 2.24) is 5.32 Å². The minimum absolute atomic E-state index is 0.0175. The summed E-state index contributed by atoms with van der Waals surface area (Å²) in [7, 11) is 0. The average molecular weight is 247 g/mol. The van der Waals surface area contributed by atoms with E-state index in [0.717, 1.165) is 31.7 Å². The van der Waals surface area contributed by atoms with E-state index in [-0.39, 0.29) is 11.7 Å². The normalized spacial score (nSPS) is 30.8. The molecule has 2 unspecified atom stereocenters. The molecule has 3 rings (SSSR count). The van der Waals surface area contributed by atoms with Crippen molar-refractivity contribution in [2.75, 3.05) is 19.7 Å². The number of ether oxygens (including phenoxy) is 2. The van der Waals surface area contributed by atoms with Crippen LogP contribution in [-0.4, -0.2) is 31.4 Å². The molecule has 2 aliphatic rings. The van der Waals surface area contributed by atoms with E-state index in [1.54, 1.807) is 0 Å². The lowest BCUT2D eigenvalue weighted by molar-refractivity contribution is -0.0713. The summed E-state index contributed by atoms with van der Waals surface area (Å²) in [5.74, 6) is 1.03. The molecular formula is C15H21NO2. The molecule has 3 heteroatoms. The van der Waals surface area contributed by atoms with E-state index in [0.29, 0.717) is 6.61 Å². The molecule has 2 atom stereocenters. The molecule has 0 radical (unpaired) electrons. The van der Waals surface area contributed by atoms with Gasteiger partial charge in [-0.2, -0.15) is 0 Å². The Bertz CT molecular complexity index is 388. The minimum atomic E-state index is -0.0175. The van der Waals surface area contributed by atoms with Crippen LogP contribution in [-0.2, 0) is 11.2 Å². The van der Waals surface area contributed by atoms with Crippen LogP contribution in [0.25, 0.3) is 0 Å². The Balaban J connectivity index is 1.53. The molecule has 1 aromatic rings. The van der Waals surface area contributed by atoms with Gasteiger partial charge in [-0.15, -0.1) is 0 Å². The van der Waals surface area contributed by atoms with Gasteiger partial charge in [0.2, 0.25) is 0 Å². The molecule has 1 saturated heterocycles. The second kappa shape index (κ2) is 4.90. The van der Waals surface area contributed by atoms with Crippen LogP contribution >= 0.6 is 0 Å². The molecule has 18 heavy (non-hydrogen) atoms. The zero-order chi connectivity index (χ0) is 12.4. The summed E-state index contributed by atoms with van der Waals surface area (Å²) in [6.45, 7) is 4.95. The van der Waals surface area contributed by atoms with Crippen molar-refractivity contribution >= 4 is 0 Å². The Labute approximate surface area is 108 Å². The third kappa shape index (κ3) is 2.52. The summed E-state index contributed by atoms with van der Waals surface area (Å²) >= 11 is 0. The maximum atomic E-state index is 6.10. The zero-order valence-electron chi connectivity index (χ0n) is 10.9. The molecule has 0 aromatic heterocycles. The largest absolute Gasteiger partial charge is 0.487 e. The van der Waals surface area contributed by atoms with E-state index in [2.05, 4.69) is 24.4 Å². The van der Waals surface area contributed by atoms with Crippen LogP contribution in [0, 0.1) is 0 Å². The molecule has 0 amide bonds. The van der Waals surface area contributed by atoms with Crippen LogP contribution in [0.2, 0.25) is 0 Å². The quantitative estimate of drug-likeness (QED) is 0.887. The fourth-order valence-corrected chi connectivity index (χ4v) is 2.79. The Morgan fingerprint density at radius 2 is 2.33 bits per heavy atom. The van der Waals surface area contributed by atoms with Crippen LogP contribution in [0.5, 0.6) is 5.75 Å².